The van der Waals surface area contributed by atoms with Gasteiger partial charge in [0.15, 0.2) is 0 Å². The first-order valence-corrected chi connectivity index (χ1v) is 12.0. The molecule has 0 fully saturated rings. The third-order valence-electron chi connectivity index (χ3n) is 4.93. The van der Waals surface area contributed by atoms with E-state index in [2.05, 4.69) is 24.1 Å². The van der Waals surface area contributed by atoms with E-state index in [0.29, 0.717) is 12.0 Å². The fourth-order valence-corrected chi connectivity index (χ4v) is 3.08. The molecule has 0 aliphatic heterocycles. The molecule has 0 radical (unpaired) electrons. The van der Waals surface area contributed by atoms with Gasteiger partial charge < -0.3 is 15.9 Å². The SMILES string of the molecule is CCCCCCCC/C=C\CCCCCCCC(=O)O.N=C(N)N=Cc1ccccc1O. The third kappa shape index (κ3) is 20.6. The van der Waals surface area contributed by atoms with Gasteiger partial charge >= 0.3 is 5.97 Å². The lowest BCUT2D eigenvalue weighted by atomic mass is 10.1. The molecule has 6 heteroatoms. The number of unbranched alkanes of at least 4 members (excludes halogenated alkanes) is 11. The molecule has 0 atom stereocenters. The number of carboxylic acid groups (broad SMARTS) is 1. The van der Waals surface area contributed by atoms with Crippen molar-refractivity contribution in [3.05, 3.63) is 42.0 Å². The highest BCUT2D eigenvalue weighted by atomic mass is 16.4. The Morgan fingerprint density at radius 3 is 2.00 bits per heavy atom. The first-order valence-electron chi connectivity index (χ1n) is 12.0. The van der Waals surface area contributed by atoms with Gasteiger partial charge in [-0.25, -0.2) is 4.99 Å². The minimum atomic E-state index is -0.664. The van der Waals surface area contributed by atoms with Crippen molar-refractivity contribution in [2.45, 2.75) is 96.8 Å². The van der Waals surface area contributed by atoms with Crippen molar-refractivity contribution in [2.75, 3.05) is 0 Å². The number of allylic oxidation sites excluding steroid dienone is 2. The predicted octanol–water partition coefficient (Wildman–Crippen LogP) is 6.81. The number of nitrogens with two attached hydrogens (primary N) is 1. The van der Waals surface area contributed by atoms with Crippen LogP contribution in [0.1, 0.15) is 102 Å². The van der Waals surface area contributed by atoms with E-state index in [0.717, 1.165) is 12.8 Å². The molecule has 1 aromatic carbocycles. The number of carbonyl (C=O) groups is 1. The highest BCUT2D eigenvalue weighted by Gasteiger charge is 1.96. The zero-order valence-corrected chi connectivity index (χ0v) is 19.8. The summed E-state index contributed by atoms with van der Waals surface area (Å²) in [6, 6.07) is 6.70. The van der Waals surface area contributed by atoms with E-state index >= 15 is 0 Å². The van der Waals surface area contributed by atoms with Crippen LogP contribution in [-0.4, -0.2) is 28.4 Å². The Kier molecular flexibility index (Phi) is 19.8. The van der Waals surface area contributed by atoms with Crippen molar-refractivity contribution >= 4 is 18.1 Å². The molecule has 0 heterocycles. The zero-order valence-electron chi connectivity index (χ0n) is 19.8. The molecule has 0 saturated heterocycles. The Morgan fingerprint density at radius 1 is 0.938 bits per heavy atom. The number of para-hydroxylation sites is 1. The van der Waals surface area contributed by atoms with Gasteiger partial charge in [0, 0.05) is 18.2 Å². The number of aliphatic carboxylic acids is 1. The van der Waals surface area contributed by atoms with E-state index in [1.54, 1.807) is 24.3 Å². The van der Waals surface area contributed by atoms with Gasteiger partial charge in [-0.2, -0.15) is 0 Å². The van der Waals surface area contributed by atoms with Gasteiger partial charge in [-0.05, 0) is 44.2 Å². The molecule has 0 amide bonds. The van der Waals surface area contributed by atoms with Gasteiger partial charge in [0.2, 0.25) is 5.96 Å². The topological polar surface area (TPSA) is 120 Å². The summed E-state index contributed by atoms with van der Waals surface area (Å²) in [7, 11) is 0. The van der Waals surface area contributed by atoms with Crippen LogP contribution < -0.4 is 5.73 Å². The molecule has 0 aliphatic carbocycles. The molecule has 1 rings (SSSR count). The first kappa shape index (κ1) is 29.4. The molecule has 32 heavy (non-hydrogen) atoms. The summed E-state index contributed by atoms with van der Waals surface area (Å²) in [4.78, 5) is 13.9. The zero-order chi connectivity index (χ0) is 23.9. The number of hydrogen-bond donors (Lipinski definition) is 4. The van der Waals surface area contributed by atoms with Crippen molar-refractivity contribution in [3.8, 4) is 5.75 Å². The number of carboxylic acids is 1. The molecule has 0 bridgehead atoms. The Morgan fingerprint density at radius 2 is 1.47 bits per heavy atom. The highest BCUT2D eigenvalue weighted by Crippen LogP contribution is 2.12. The van der Waals surface area contributed by atoms with Crippen LogP contribution in [0.5, 0.6) is 5.75 Å². The maximum absolute atomic E-state index is 10.3. The molecule has 0 aliphatic rings. The van der Waals surface area contributed by atoms with Crippen molar-refractivity contribution in [2.24, 2.45) is 10.7 Å². The molecular weight excluding hydrogens is 402 g/mol. The summed E-state index contributed by atoms with van der Waals surface area (Å²) < 4.78 is 0. The lowest BCUT2D eigenvalue weighted by Gasteiger charge is -1.99. The van der Waals surface area contributed by atoms with Crippen LogP contribution in [-0.2, 0) is 4.79 Å². The summed E-state index contributed by atoms with van der Waals surface area (Å²) in [6.07, 6.45) is 22.6. The van der Waals surface area contributed by atoms with Crippen molar-refractivity contribution in [1.82, 2.24) is 0 Å². The Hall–Kier alpha value is -2.63. The molecule has 6 nitrogen and oxygen atoms in total. The average molecular weight is 446 g/mol. The van der Waals surface area contributed by atoms with Crippen LogP contribution in [0.4, 0.5) is 0 Å². The molecule has 0 aromatic heterocycles. The molecule has 0 saturated carbocycles. The number of nitrogens with one attached hydrogen (secondary N) is 1. The van der Waals surface area contributed by atoms with Gasteiger partial charge in [0.05, 0.1) is 0 Å². The summed E-state index contributed by atoms with van der Waals surface area (Å²) in [6.45, 7) is 2.26. The summed E-state index contributed by atoms with van der Waals surface area (Å²) >= 11 is 0. The number of rotatable bonds is 16. The maximum Gasteiger partial charge on any atom is 0.303 e. The number of hydrogen-bond acceptors (Lipinski definition) is 3. The number of aliphatic imine (C=N–C) groups is 1. The first-order chi connectivity index (χ1) is 15.5. The van der Waals surface area contributed by atoms with Gasteiger partial charge in [-0.3, -0.25) is 10.2 Å². The van der Waals surface area contributed by atoms with E-state index in [1.165, 1.54) is 76.8 Å². The largest absolute Gasteiger partial charge is 0.507 e. The van der Waals surface area contributed by atoms with Crippen LogP contribution in [0, 0.1) is 5.41 Å². The lowest BCUT2D eigenvalue weighted by Crippen LogP contribution is -2.05. The summed E-state index contributed by atoms with van der Waals surface area (Å²) in [5.41, 5.74) is 5.54. The Labute approximate surface area is 194 Å². The number of aromatic hydroxyl groups is 1. The minimum Gasteiger partial charge on any atom is -0.507 e. The van der Waals surface area contributed by atoms with Gasteiger partial charge in [0.1, 0.15) is 5.75 Å². The smallest absolute Gasteiger partial charge is 0.303 e. The molecule has 0 unspecified atom stereocenters. The monoisotopic (exact) mass is 445 g/mol. The Balaban J connectivity index is 0.000000677. The minimum absolute atomic E-state index is 0.127. The number of phenols is 1. The van der Waals surface area contributed by atoms with E-state index in [4.69, 9.17) is 16.2 Å². The Bertz CT molecular complexity index is 672. The predicted molar refractivity (Wildman–Crippen MR) is 135 cm³/mol. The second-order valence-corrected chi connectivity index (χ2v) is 7.93. The van der Waals surface area contributed by atoms with Crippen LogP contribution in [0.25, 0.3) is 0 Å². The number of benzene rings is 1. The van der Waals surface area contributed by atoms with Gasteiger partial charge in [0.25, 0.3) is 0 Å². The van der Waals surface area contributed by atoms with Crippen LogP contribution in [0.3, 0.4) is 0 Å². The number of nitrogens with zero attached hydrogens (tertiary/aromatic N) is 1. The van der Waals surface area contributed by atoms with Gasteiger partial charge in [-0.15, -0.1) is 0 Å². The normalized spacial score (nSPS) is 10.9. The van der Waals surface area contributed by atoms with E-state index in [9.17, 15) is 9.90 Å². The van der Waals surface area contributed by atoms with E-state index < -0.39 is 5.97 Å². The molecule has 5 N–H and O–H groups in total. The van der Waals surface area contributed by atoms with Crippen molar-refractivity contribution in [3.63, 3.8) is 0 Å². The lowest BCUT2D eigenvalue weighted by molar-refractivity contribution is -0.137. The molecule has 180 valence electrons. The van der Waals surface area contributed by atoms with Crippen LogP contribution in [0.2, 0.25) is 0 Å². The molecule has 1 aromatic rings. The third-order valence-corrected chi connectivity index (χ3v) is 4.93. The van der Waals surface area contributed by atoms with Crippen LogP contribution >= 0.6 is 0 Å². The second-order valence-electron chi connectivity index (χ2n) is 7.93. The quantitative estimate of drug-likeness (QED) is 0.0966. The fourth-order valence-electron chi connectivity index (χ4n) is 3.08. The molecular formula is C26H43N3O3. The fraction of sp³-hybridized carbons (Fsp3) is 0.577. The highest BCUT2D eigenvalue weighted by molar-refractivity contribution is 5.92. The summed E-state index contributed by atoms with van der Waals surface area (Å²) in [5.74, 6) is -0.816. The van der Waals surface area contributed by atoms with Gasteiger partial charge in [-0.1, -0.05) is 82.6 Å². The molecule has 0 spiro atoms. The number of phenolic OH excluding ortho intramolecular Hbond substituents is 1. The maximum atomic E-state index is 10.3. The number of guanidine groups is 1. The standard InChI is InChI=1S/C18H34O2.C8H9N3O/c1-2-3-4-5-6-7-8-9-10-11-12-13-14-15-16-17-18(19)20;9-8(10)11-5-6-3-1-2-4-7(6)12/h9-10H,2-8,11-17H2,1H3,(H,19,20);1-5,12H,(H3,9,10)/b10-9-;. The van der Waals surface area contributed by atoms with E-state index in [1.807, 2.05) is 0 Å². The van der Waals surface area contributed by atoms with Crippen molar-refractivity contribution < 1.29 is 15.0 Å². The van der Waals surface area contributed by atoms with E-state index in [-0.39, 0.29) is 11.7 Å². The average Bonchev–Trinajstić information content (AvgIpc) is 2.76. The van der Waals surface area contributed by atoms with Crippen LogP contribution in [0.15, 0.2) is 41.4 Å². The van der Waals surface area contributed by atoms with Crippen molar-refractivity contribution in [1.29, 1.82) is 5.41 Å². The second kappa shape index (κ2) is 21.6. The summed E-state index contributed by atoms with van der Waals surface area (Å²) in [5, 5.41) is 24.5.